The third-order valence-corrected chi connectivity index (χ3v) is 4.07. The molecule has 0 atom stereocenters. The fourth-order valence-corrected chi connectivity index (χ4v) is 2.69. The van der Waals surface area contributed by atoms with E-state index >= 15 is 0 Å². The topological polar surface area (TPSA) is 69.7 Å². The summed E-state index contributed by atoms with van der Waals surface area (Å²) in [5.74, 6) is 1.85. The van der Waals surface area contributed by atoms with Crippen molar-refractivity contribution in [3.05, 3.63) is 77.6 Å². The van der Waals surface area contributed by atoms with Gasteiger partial charge in [-0.1, -0.05) is 6.07 Å². The first-order valence-electron chi connectivity index (χ1n) is 8.78. The van der Waals surface area contributed by atoms with Crippen molar-refractivity contribution in [1.82, 2.24) is 4.98 Å². The standard InChI is InChI=1S/C22H22N2O4/c1-15-21(12-9-17(23-15)14-26-2)22(25)24-16-7-10-18(11-8-16)28-20-6-4-5-19(13-20)27-3/h4-13H,14H2,1-3H3,(H,24,25). The van der Waals surface area contributed by atoms with Crippen LogP contribution < -0.4 is 14.8 Å². The van der Waals surface area contributed by atoms with Crippen LogP contribution in [0.1, 0.15) is 21.7 Å². The normalized spacial score (nSPS) is 10.4. The number of hydrogen-bond acceptors (Lipinski definition) is 5. The van der Waals surface area contributed by atoms with Gasteiger partial charge in [-0.15, -0.1) is 0 Å². The number of rotatable bonds is 7. The highest BCUT2D eigenvalue weighted by Crippen LogP contribution is 2.26. The number of methoxy groups -OCH3 is 2. The molecule has 2 aromatic carbocycles. The molecule has 1 N–H and O–H groups in total. The molecule has 6 nitrogen and oxygen atoms in total. The van der Waals surface area contributed by atoms with Gasteiger partial charge in [0.2, 0.25) is 0 Å². The predicted molar refractivity (Wildman–Crippen MR) is 107 cm³/mol. The molecule has 0 aliphatic carbocycles. The molecule has 1 heterocycles. The lowest BCUT2D eigenvalue weighted by atomic mass is 10.1. The molecular weight excluding hydrogens is 356 g/mol. The first-order chi connectivity index (χ1) is 13.6. The number of carbonyl (C=O) groups excluding carboxylic acids is 1. The predicted octanol–water partition coefficient (Wildman–Crippen LogP) is 4.59. The SMILES string of the molecule is COCc1ccc(C(=O)Nc2ccc(Oc3cccc(OC)c3)cc2)c(C)n1. The number of amides is 1. The molecule has 0 saturated heterocycles. The van der Waals surface area contributed by atoms with Crippen molar-refractivity contribution in [3.63, 3.8) is 0 Å². The van der Waals surface area contributed by atoms with E-state index in [4.69, 9.17) is 14.2 Å². The van der Waals surface area contributed by atoms with Crippen LogP contribution in [0.2, 0.25) is 0 Å². The maximum Gasteiger partial charge on any atom is 0.257 e. The Balaban J connectivity index is 1.66. The smallest absolute Gasteiger partial charge is 0.257 e. The Morgan fingerprint density at radius 1 is 0.964 bits per heavy atom. The van der Waals surface area contributed by atoms with E-state index in [1.165, 1.54) is 0 Å². The second-order valence-electron chi connectivity index (χ2n) is 6.13. The Labute approximate surface area is 164 Å². The van der Waals surface area contributed by atoms with Gasteiger partial charge in [0.15, 0.2) is 0 Å². The number of anilines is 1. The molecule has 0 radical (unpaired) electrons. The monoisotopic (exact) mass is 378 g/mol. The average molecular weight is 378 g/mol. The lowest BCUT2D eigenvalue weighted by molar-refractivity contribution is 0.102. The molecule has 0 aliphatic heterocycles. The Hall–Kier alpha value is -3.38. The Morgan fingerprint density at radius 3 is 2.39 bits per heavy atom. The van der Waals surface area contributed by atoms with Gasteiger partial charge in [-0.2, -0.15) is 0 Å². The van der Waals surface area contributed by atoms with Crippen molar-refractivity contribution in [2.24, 2.45) is 0 Å². The summed E-state index contributed by atoms with van der Waals surface area (Å²) in [7, 11) is 3.22. The maximum absolute atomic E-state index is 12.5. The molecule has 0 bridgehead atoms. The zero-order valence-electron chi connectivity index (χ0n) is 16.1. The Morgan fingerprint density at radius 2 is 1.71 bits per heavy atom. The third kappa shape index (κ3) is 4.86. The summed E-state index contributed by atoms with van der Waals surface area (Å²) in [6.07, 6.45) is 0. The van der Waals surface area contributed by atoms with E-state index in [9.17, 15) is 4.79 Å². The third-order valence-electron chi connectivity index (χ3n) is 4.07. The van der Waals surface area contributed by atoms with Crippen molar-refractivity contribution >= 4 is 11.6 Å². The van der Waals surface area contributed by atoms with Gasteiger partial charge in [-0.05, 0) is 55.5 Å². The molecule has 0 unspecified atom stereocenters. The summed E-state index contributed by atoms with van der Waals surface area (Å²) < 4.78 is 16.1. The van der Waals surface area contributed by atoms with Crippen LogP contribution in [-0.4, -0.2) is 25.1 Å². The quantitative estimate of drug-likeness (QED) is 0.651. The number of carbonyl (C=O) groups is 1. The van der Waals surface area contributed by atoms with E-state index in [0.29, 0.717) is 35.1 Å². The minimum absolute atomic E-state index is 0.213. The lowest BCUT2D eigenvalue weighted by Crippen LogP contribution is -2.14. The van der Waals surface area contributed by atoms with Gasteiger partial charge in [0, 0.05) is 18.9 Å². The zero-order chi connectivity index (χ0) is 19.9. The van der Waals surface area contributed by atoms with Crippen LogP contribution in [0.15, 0.2) is 60.7 Å². The molecule has 0 saturated carbocycles. The van der Waals surface area contributed by atoms with Crippen LogP contribution >= 0.6 is 0 Å². The zero-order valence-corrected chi connectivity index (χ0v) is 16.1. The van der Waals surface area contributed by atoms with Crippen LogP contribution in [0.25, 0.3) is 0 Å². The average Bonchev–Trinajstić information content (AvgIpc) is 2.70. The number of pyridine rings is 1. The van der Waals surface area contributed by atoms with Crippen molar-refractivity contribution in [2.45, 2.75) is 13.5 Å². The minimum atomic E-state index is -0.213. The highest BCUT2D eigenvalue weighted by Gasteiger charge is 2.11. The number of aromatic nitrogens is 1. The molecule has 0 fully saturated rings. The van der Waals surface area contributed by atoms with Crippen LogP contribution in [0.3, 0.4) is 0 Å². The lowest BCUT2D eigenvalue weighted by Gasteiger charge is -2.10. The Bertz CT molecular complexity index is 955. The van der Waals surface area contributed by atoms with Gasteiger partial charge >= 0.3 is 0 Å². The molecule has 1 aromatic heterocycles. The fourth-order valence-electron chi connectivity index (χ4n) is 2.69. The van der Waals surface area contributed by atoms with E-state index < -0.39 is 0 Å². The summed E-state index contributed by atoms with van der Waals surface area (Å²) in [4.78, 5) is 16.9. The number of aryl methyl sites for hydroxylation is 1. The van der Waals surface area contributed by atoms with Gasteiger partial charge < -0.3 is 19.5 Å². The number of nitrogens with zero attached hydrogens (tertiary/aromatic N) is 1. The summed E-state index contributed by atoms with van der Waals surface area (Å²) in [5.41, 5.74) is 2.64. The van der Waals surface area contributed by atoms with Gasteiger partial charge in [-0.25, -0.2) is 0 Å². The van der Waals surface area contributed by atoms with E-state index in [1.54, 1.807) is 63.6 Å². The van der Waals surface area contributed by atoms with Gasteiger partial charge in [0.25, 0.3) is 5.91 Å². The van der Waals surface area contributed by atoms with E-state index in [0.717, 1.165) is 11.4 Å². The van der Waals surface area contributed by atoms with E-state index in [1.807, 2.05) is 18.2 Å². The minimum Gasteiger partial charge on any atom is -0.497 e. The van der Waals surface area contributed by atoms with Crippen LogP contribution in [0.5, 0.6) is 17.2 Å². The molecule has 144 valence electrons. The van der Waals surface area contributed by atoms with Crippen molar-refractivity contribution in [1.29, 1.82) is 0 Å². The van der Waals surface area contributed by atoms with Gasteiger partial charge in [-0.3, -0.25) is 9.78 Å². The van der Waals surface area contributed by atoms with Crippen molar-refractivity contribution < 1.29 is 19.0 Å². The van der Waals surface area contributed by atoms with E-state index in [2.05, 4.69) is 10.3 Å². The van der Waals surface area contributed by atoms with Gasteiger partial charge in [0.1, 0.15) is 17.2 Å². The van der Waals surface area contributed by atoms with Gasteiger partial charge in [0.05, 0.1) is 30.7 Å². The first-order valence-corrected chi connectivity index (χ1v) is 8.78. The second-order valence-corrected chi connectivity index (χ2v) is 6.13. The molecule has 1 amide bonds. The number of nitrogens with one attached hydrogen (secondary N) is 1. The fraction of sp³-hybridized carbons (Fsp3) is 0.182. The molecule has 3 rings (SSSR count). The summed E-state index contributed by atoms with van der Waals surface area (Å²) in [6, 6.07) is 18.1. The van der Waals surface area contributed by atoms with Crippen LogP contribution in [0.4, 0.5) is 5.69 Å². The molecule has 28 heavy (non-hydrogen) atoms. The highest BCUT2D eigenvalue weighted by molar-refractivity contribution is 6.05. The molecule has 3 aromatic rings. The van der Waals surface area contributed by atoms with Crippen molar-refractivity contribution in [2.75, 3.05) is 19.5 Å². The highest BCUT2D eigenvalue weighted by atomic mass is 16.5. The summed E-state index contributed by atoms with van der Waals surface area (Å²) in [6.45, 7) is 2.22. The maximum atomic E-state index is 12.5. The van der Waals surface area contributed by atoms with Crippen molar-refractivity contribution in [3.8, 4) is 17.2 Å². The number of ether oxygens (including phenoxy) is 3. The first kappa shape index (κ1) is 19.4. The Kier molecular flexibility index (Phi) is 6.24. The summed E-state index contributed by atoms with van der Waals surface area (Å²) >= 11 is 0. The number of benzene rings is 2. The molecule has 0 spiro atoms. The van der Waals surface area contributed by atoms with Crippen LogP contribution in [-0.2, 0) is 11.3 Å². The molecular formula is C22H22N2O4. The number of hydrogen-bond donors (Lipinski definition) is 1. The molecule has 0 aliphatic rings. The van der Waals surface area contributed by atoms with E-state index in [-0.39, 0.29) is 5.91 Å². The largest absolute Gasteiger partial charge is 0.497 e. The van der Waals surface area contributed by atoms with Crippen LogP contribution in [0, 0.1) is 6.92 Å². The molecule has 6 heteroatoms. The second kappa shape index (κ2) is 9.01. The summed E-state index contributed by atoms with van der Waals surface area (Å²) in [5, 5.41) is 2.87.